The number of ether oxygens (including phenoxy) is 1. The summed E-state index contributed by atoms with van der Waals surface area (Å²) in [6.45, 7) is 5.93. The molecule has 3 N–H and O–H groups in total. The minimum Gasteiger partial charge on any atom is -0.491 e. The first kappa shape index (κ1) is 23.9. The molecule has 3 rings (SSSR count). The number of hydrogen-bond donors (Lipinski definition) is 2. The van der Waals surface area contributed by atoms with Gasteiger partial charge >= 0.3 is 0 Å². The number of carbonyl (C=O) groups is 1. The Morgan fingerprint density at radius 3 is 2.41 bits per heavy atom. The number of aliphatic hydroxyl groups excluding tert-OH is 1. The molecule has 0 saturated carbocycles. The predicted octanol–water partition coefficient (Wildman–Crippen LogP) is 1.26. The molecule has 2 aromatic rings. The monoisotopic (exact) mass is 459 g/mol. The van der Waals surface area contributed by atoms with E-state index in [1.54, 1.807) is 6.08 Å². The Bertz CT molecular complexity index is 1030. The summed E-state index contributed by atoms with van der Waals surface area (Å²) < 4.78 is 32.9. The molecule has 1 unspecified atom stereocenters. The molecule has 1 aliphatic rings. The second-order valence-corrected chi connectivity index (χ2v) is 9.60. The standard InChI is InChI=1S/C23H29N3O5S/c1-2-5-18-6-3-4-7-22(18)31-17-20(27)16-25-12-14-26(15-13-25)32(29,30)21-10-8-19(9-11-21)23(24)28/h2-4,6-11,20,27H,1,5,12-17H2,(H2,24,28). The van der Waals surface area contributed by atoms with Gasteiger partial charge in [0.1, 0.15) is 18.5 Å². The van der Waals surface area contributed by atoms with E-state index in [1.807, 2.05) is 29.2 Å². The number of β-amino-alcohol motifs (C(OH)–C–C–N with tert-alkyl or cyclic N) is 1. The number of amides is 1. The van der Waals surface area contributed by atoms with Crippen molar-refractivity contribution in [2.45, 2.75) is 17.4 Å². The van der Waals surface area contributed by atoms with Gasteiger partial charge in [0, 0.05) is 38.3 Å². The summed E-state index contributed by atoms with van der Waals surface area (Å²) >= 11 is 0. The Morgan fingerprint density at radius 2 is 1.78 bits per heavy atom. The van der Waals surface area contributed by atoms with Crippen molar-refractivity contribution in [2.24, 2.45) is 5.73 Å². The Balaban J connectivity index is 1.50. The fourth-order valence-corrected chi connectivity index (χ4v) is 5.02. The number of sulfonamides is 1. The molecule has 2 aromatic carbocycles. The third kappa shape index (κ3) is 5.95. The van der Waals surface area contributed by atoms with Crippen LogP contribution >= 0.6 is 0 Å². The molecule has 8 nitrogen and oxygen atoms in total. The number of allylic oxidation sites excluding steroid dienone is 1. The maximum absolute atomic E-state index is 12.9. The maximum Gasteiger partial charge on any atom is 0.248 e. The van der Waals surface area contributed by atoms with E-state index in [4.69, 9.17) is 10.5 Å². The van der Waals surface area contributed by atoms with Crippen LogP contribution in [0.2, 0.25) is 0 Å². The number of carbonyl (C=O) groups excluding carboxylic acids is 1. The number of hydrogen-bond acceptors (Lipinski definition) is 6. The van der Waals surface area contributed by atoms with Gasteiger partial charge in [-0.25, -0.2) is 8.42 Å². The Hall–Kier alpha value is -2.72. The first-order chi connectivity index (χ1) is 15.3. The molecule has 1 fully saturated rings. The largest absolute Gasteiger partial charge is 0.491 e. The fraction of sp³-hybridized carbons (Fsp3) is 0.348. The summed E-state index contributed by atoms with van der Waals surface area (Å²) in [5.74, 6) is 0.124. The van der Waals surface area contributed by atoms with Gasteiger partial charge in [0.2, 0.25) is 15.9 Å². The lowest BCUT2D eigenvalue weighted by atomic mass is 10.1. The van der Waals surface area contributed by atoms with Gasteiger partial charge < -0.3 is 15.6 Å². The maximum atomic E-state index is 12.9. The molecule has 0 spiro atoms. The summed E-state index contributed by atoms with van der Waals surface area (Å²) in [7, 11) is -3.65. The highest BCUT2D eigenvalue weighted by Gasteiger charge is 2.29. The van der Waals surface area contributed by atoms with E-state index in [9.17, 15) is 18.3 Å². The van der Waals surface area contributed by atoms with Crippen LogP contribution in [0.3, 0.4) is 0 Å². The summed E-state index contributed by atoms with van der Waals surface area (Å²) in [6, 6.07) is 13.3. The van der Waals surface area contributed by atoms with Gasteiger partial charge in [-0.05, 0) is 42.3 Å². The second kappa shape index (κ2) is 10.7. The van der Waals surface area contributed by atoms with Crippen LogP contribution in [0.15, 0.2) is 66.1 Å². The van der Waals surface area contributed by atoms with Crippen LogP contribution in [-0.4, -0.2) is 74.1 Å². The van der Waals surface area contributed by atoms with Crippen molar-refractivity contribution >= 4 is 15.9 Å². The van der Waals surface area contributed by atoms with E-state index in [1.165, 1.54) is 28.6 Å². The number of para-hydroxylation sites is 1. The molecule has 1 heterocycles. The van der Waals surface area contributed by atoms with Gasteiger partial charge in [0.25, 0.3) is 0 Å². The Kier molecular flexibility index (Phi) is 8.03. The van der Waals surface area contributed by atoms with Gasteiger partial charge in [-0.15, -0.1) is 6.58 Å². The zero-order valence-electron chi connectivity index (χ0n) is 17.9. The average molecular weight is 460 g/mol. The van der Waals surface area contributed by atoms with E-state index in [0.717, 1.165) is 11.3 Å². The van der Waals surface area contributed by atoms with Crippen LogP contribution in [0.1, 0.15) is 15.9 Å². The van der Waals surface area contributed by atoms with Gasteiger partial charge in [0.15, 0.2) is 0 Å². The van der Waals surface area contributed by atoms with Crippen molar-refractivity contribution in [3.05, 3.63) is 72.3 Å². The first-order valence-corrected chi connectivity index (χ1v) is 11.9. The van der Waals surface area contributed by atoms with Gasteiger partial charge in [-0.1, -0.05) is 24.3 Å². The van der Waals surface area contributed by atoms with Crippen molar-refractivity contribution in [2.75, 3.05) is 39.3 Å². The van der Waals surface area contributed by atoms with Gasteiger partial charge in [-0.3, -0.25) is 9.69 Å². The van der Waals surface area contributed by atoms with Crippen LogP contribution in [-0.2, 0) is 16.4 Å². The number of primary amides is 1. The third-order valence-electron chi connectivity index (χ3n) is 5.34. The summed E-state index contributed by atoms with van der Waals surface area (Å²) in [6.07, 6.45) is 1.79. The molecule has 172 valence electrons. The zero-order valence-corrected chi connectivity index (χ0v) is 18.7. The average Bonchev–Trinajstić information content (AvgIpc) is 2.79. The summed E-state index contributed by atoms with van der Waals surface area (Å²) in [5.41, 5.74) is 6.48. The van der Waals surface area contributed by atoms with Crippen LogP contribution in [0.4, 0.5) is 0 Å². The number of benzene rings is 2. The number of piperazine rings is 1. The smallest absolute Gasteiger partial charge is 0.248 e. The third-order valence-corrected chi connectivity index (χ3v) is 7.26. The highest BCUT2D eigenvalue weighted by Crippen LogP contribution is 2.20. The fourth-order valence-electron chi connectivity index (χ4n) is 3.60. The lowest BCUT2D eigenvalue weighted by Crippen LogP contribution is -2.50. The van der Waals surface area contributed by atoms with Gasteiger partial charge in [-0.2, -0.15) is 4.31 Å². The highest BCUT2D eigenvalue weighted by atomic mass is 32.2. The van der Waals surface area contributed by atoms with Crippen LogP contribution in [0.5, 0.6) is 5.75 Å². The van der Waals surface area contributed by atoms with Crippen molar-refractivity contribution in [3.63, 3.8) is 0 Å². The highest BCUT2D eigenvalue weighted by molar-refractivity contribution is 7.89. The minimum atomic E-state index is -3.65. The molecule has 0 aliphatic carbocycles. The molecule has 0 aromatic heterocycles. The van der Waals surface area contributed by atoms with E-state index >= 15 is 0 Å². The van der Waals surface area contributed by atoms with Crippen LogP contribution in [0.25, 0.3) is 0 Å². The van der Waals surface area contributed by atoms with Crippen LogP contribution in [0, 0.1) is 0 Å². The van der Waals surface area contributed by atoms with Crippen molar-refractivity contribution < 1.29 is 23.1 Å². The van der Waals surface area contributed by atoms with Crippen molar-refractivity contribution in [1.82, 2.24) is 9.21 Å². The van der Waals surface area contributed by atoms with Gasteiger partial charge in [0.05, 0.1) is 4.90 Å². The lowest BCUT2D eigenvalue weighted by Gasteiger charge is -2.34. The minimum absolute atomic E-state index is 0.127. The normalized spacial score (nSPS) is 16.4. The topological polar surface area (TPSA) is 113 Å². The quantitative estimate of drug-likeness (QED) is 0.517. The molecule has 1 amide bonds. The number of nitrogens with two attached hydrogens (primary N) is 1. The molecule has 0 radical (unpaired) electrons. The number of nitrogens with zero attached hydrogens (tertiary/aromatic N) is 2. The van der Waals surface area contributed by atoms with E-state index in [0.29, 0.717) is 39.1 Å². The number of rotatable bonds is 10. The summed E-state index contributed by atoms with van der Waals surface area (Å²) in [4.78, 5) is 13.3. The SMILES string of the molecule is C=CCc1ccccc1OCC(O)CN1CCN(S(=O)(=O)c2ccc(C(N)=O)cc2)CC1. The molecule has 1 atom stereocenters. The second-order valence-electron chi connectivity index (χ2n) is 7.66. The first-order valence-electron chi connectivity index (χ1n) is 10.4. The van der Waals surface area contributed by atoms with E-state index in [-0.39, 0.29) is 17.1 Å². The summed E-state index contributed by atoms with van der Waals surface area (Å²) in [5, 5.41) is 10.4. The van der Waals surface area contributed by atoms with E-state index in [2.05, 4.69) is 6.58 Å². The molecule has 0 bridgehead atoms. The molecule has 9 heteroatoms. The zero-order chi connectivity index (χ0) is 23.1. The van der Waals surface area contributed by atoms with Crippen LogP contribution < -0.4 is 10.5 Å². The molecule has 32 heavy (non-hydrogen) atoms. The molecule has 1 saturated heterocycles. The van der Waals surface area contributed by atoms with E-state index < -0.39 is 22.0 Å². The number of aliphatic hydroxyl groups is 1. The lowest BCUT2D eigenvalue weighted by molar-refractivity contribution is 0.0566. The Morgan fingerprint density at radius 1 is 1.12 bits per heavy atom. The molecule has 1 aliphatic heterocycles. The Labute approximate surface area is 188 Å². The van der Waals surface area contributed by atoms with Crippen molar-refractivity contribution in [3.8, 4) is 5.75 Å². The molecular weight excluding hydrogens is 430 g/mol. The van der Waals surface area contributed by atoms with Crippen molar-refractivity contribution in [1.29, 1.82) is 0 Å². The molecular formula is C23H29N3O5S. The predicted molar refractivity (Wildman–Crippen MR) is 122 cm³/mol.